The zero-order valence-corrected chi connectivity index (χ0v) is 24.8. The number of hydrogen-bond donors (Lipinski definition) is 3. The van der Waals surface area contributed by atoms with Gasteiger partial charge in [-0.1, -0.05) is 13.8 Å². The number of nitrogens with one attached hydrogen (secondary N) is 2. The van der Waals surface area contributed by atoms with Crippen LogP contribution in [0.3, 0.4) is 0 Å². The van der Waals surface area contributed by atoms with Crippen molar-refractivity contribution in [3.63, 3.8) is 0 Å². The number of rotatable bonds is 11. The summed E-state index contributed by atoms with van der Waals surface area (Å²) in [6.45, 7) is 13.8. The lowest BCUT2D eigenvalue weighted by atomic mass is 10.1. The van der Waals surface area contributed by atoms with Crippen molar-refractivity contribution < 1.29 is 28.7 Å². The summed E-state index contributed by atoms with van der Waals surface area (Å²) in [5, 5.41) is 7.42. The third-order valence-corrected chi connectivity index (χ3v) is 7.33. The molecule has 0 radical (unpaired) electrons. The second-order valence-electron chi connectivity index (χ2n) is 10.5. The van der Waals surface area contributed by atoms with Crippen LogP contribution in [0.5, 0.6) is 5.75 Å². The Kier molecular flexibility index (Phi) is 11.2. The average molecular weight is 576 g/mol. The molecule has 40 heavy (non-hydrogen) atoms. The van der Waals surface area contributed by atoms with Gasteiger partial charge in [0, 0.05) is 24.0 Å². The molecule has 1 saturated heterocycles. The topological polar surface area (TPSA) is 135 Å². The molecule has 220 valence electrons. The first-order valence-corrected chi connectivity index (χ1v) is 14.4. The van der Waals surface area contributed by atoms with Gasteiger partial charge in [-0.25, -0.2) is 9.59 Å². The Hall–Kier alpha value is -3.35. The monoisotopic (exact) mass is 575 g/mol. The Labute approximate surface area is 239 Å². The maximum absolute atomic E-state index is 13.3. The van der Waals surface area contributed by atoms with Crippen LogP contribution in [0.15, 0.2) is 30.3 Å². The van der Waals surface area contributed by atoms with Crippen LogP contribution in [0.25, 0.3) is 10.4 Å². The van der Waals surface area contributed by atoms with Gasteiger partial charge >= 0.3 is 12.2 Å². The van der Waals surface area contributed by atoms with E-state index in [0.717, 1.165) is 42.2 Å². The molecule has 0 saturated carbocycles. The van der Waals surface area contributed by atoms with Gasteiger partial charge in [-0.3, -0.25) is 10.1 Å². The molecule has 1 aliphatic heterocycles. The minimum atomic E-state index is -0.782. The number of hydrogen-bond acceptors (Lipinski definition) is 9. The zero-order valence-electron chi connectivity index (χ0n) is 24.0. The van der Waals surface area contributed by atoms with E-state index in [4.69, 9.17) is 20.0 Å². The van der Waals surface area contributed by atoms with Crippen LogP contribution < -0.4 is 21.1 Å². The summed E-state index contributed by atoms with van der Waals surface area (Å²) in [6, 6.07) is 8.33. The minimum Gasteiger partial charge on any atom is -0.492 e. The second kappa shape index (κ2) is 14.3. The first-order chi connectivity index (χ1) is 19.0. The fourth-order valence-corrected chi connectivity index (χ4v) is 5.30. The number of likely N-dealkylation sites (N-methyl/N-ethyl adjacent to an activating group) is 1. The molecule has 3 rings (SSSR count). The number of nitrogens with two attached hydrogens (primary N) is 1. The summed E-state index contributed by atoms with van der Waals surface area (Å²) >= 11 is 1.26. The van der Waals surface area contributed by atoms with Gasteiger partial charge in [-0.05, 0) is 82.6 Å². The van der Waals surface area contributed by atoms with E-state index in [9.17, 15) is 14.4 Å². The van der Waals surface area contributed by atoms with Gasteiger partial charge in [-0.2, -0.15) is 0 Å². The fraction of sp³-hybridized carbons (Fsp3) is 0.536. The number of amides is 3. The molecule has 11 nitrogen and oxygen atoms in total. The molecule has 1 aromatic heterocycles. The number of carbonyl (C=O) groups is 3. The third-order valence-electron chi connectivity index (χ3n) is 6.24. The van der Waals surface area contributed by atoms with Gasteiger partial charge in [0.25, 0.3) is 5.91 Å². The van der Waals surface area contributed by atoms with Gasteiger partial charge < -0.3 is 30.3 Å². The number of hydroxylamine groups is 2. The standard InChI is InChI=1S/C28H41N5O6S/c1-6-32(7-2)15-16-37-21-12-10-19(11-13-21)23-17-22(25(40-23)31-26(29)35)24(34)30-20-9-8-14-33(18-20)39-27(36)38-28(3,4)5/h10-13,17,20H,6-9,14-16,18H2,1-5H3,(H,30,34)(H3,29,31,35)/t20-/m1/s1. The average Bonchev–Trinajstić information content (AvgIpc) is 3.29. The van der Waals surface area contributed by atoms with Crippen LogP contribution >= 0.6 is 11.3 Å². The highest BCUT2D eigenvalue weighted by molar-refractivity contribution is 7.20. The highest BCUT2D eigenvalue weighted by Gasteiger charge is 2.28. The maximum atomic E-state index is 13.3. The zero-order chi connectivity index (χ0) is 29.3. The molecule has 4 N–H and O–H groups in total. The summed E-state index contributed by atoms with van der Waals surface area (Å²) in [5.41, 5.74) is 5.90. The van der Waals surface area contributed by atoms with Crippen molar-refractivity contribution in [3.8, 4) is 16.2 Å². The van der Waals surface area contributed by atoms with E-state index in [-0.39, 0.29) is 11.9 Å². The first-order valence-electron chi connectivity index (χ1n) is 13.6. The van der Waals surface area contributed by atoms with Crippen LogP contribution in [-0.2, 0) is 9.57 Å². The van der Waals surface area contributed by atoms with E-state index in [0.29, 0.717) is 36.7 Å². The van der Waals surface area contributed by atoms with Gasteiger partial charge in [0.1, 0.15) is 23.0 Å². The summed E-state index contributed by atoms with van der Waals surface area (Å²) in [5.74, 6) is 0.406. The number of carbonyl (C=O) groups excluding carboxylic acids is 3. The van der Waals surface area contributed by atoms with Crippen molar-refractivity contribution in [2.45, 2.75) is 59.1 Å². The third kappa shape index (κ3) is 9.68. The number of thiophene rings is 1. The number of anilines is 1. The second-order valence-corrected chi connectivity index (χ2v) is 11.6. The summed E-state index contributed by atoms with van der Waals surface area (Å²) < 4.78 is 11.1. The molecule has 1 aromatic carbocycles. The molecule has 2 aromatic rings. The Bertz CT molecular complexity index is 1140. The smallest absolute Gasteiger partial charge is 0.492 e. The number of nitrogens with zero attached hydrogens (tertiary/aromatic N) is 2. The van der Waals surface area contributed by atoms with Crippen LogP contribution in [0.1, 0.15) is 57.8 Å². The van der Waals surface area contributed by atoms with Gasteiger partial charge in [0.15, 0.2) is 0 Å². The lowest BCUT2D eigenvalue weighted by molar-refractivity contribution is -0.154. The predicted molar refractivity (Wildman–Crippen MR) is 156 cm³/mol. The van der Waals surface area contributed by atoms with Crippen LogP contribution in [0.2, 0.25) is 0 Å². The lowest BCUT2D eigenvalue weighted by Gasteiger charge is -2.32. The van der Waals surface area contributed by atoms with Crippen molar-refractivity contribution in [1.82, 2.24) is 15.3 Å². The summed E-state index contributed by atoms with van der Waals surface area (Å²) in [4.78, 5) is 45.4. The Morgan fingerprint density at radius 3 is 2.48 bits per heavy atom. The van der Waals surface area contributed by atoms with E-state index in [2.05, 4.69) is 29.4 Å². The van der Waals surface area contributed by atoms with Crippen LogP contribution in [-0.4, -0.2) is 79.0 Å². The molecule has 1 aliphatic rings. The molecule has 1 fully saturated rings. The van der Waals surface area contributed by atoms with Crippen LogP contribution in [0.4, 0.5) is 14.6 Å². The van der Waals surface area contributed by atoms with Crippen LogP contribution in [0, 0.1) is 0 Å². The van der Waals surface area contributed by atoms with Gasteiger partial charge in [0.2, 0.25) is 0 Å². The Morgan fingerprint density at radius 1 is 1.15 bits per heavy atom. The number of ether oxygens (including phenoxy) is 2. The largest absolute Gasteiger partial charge is 0.528 e. The normalized spacial score (nSPS) is 15.9. The number of benzene rings is 1. The predicted octanol–water partition coefficient (Wildman–Crippen LogP) is 4.69. The SMILES string of the molecule is CCN(CC)CCOc1ccc(-c2cc(C(=O)N[C@@H]3CCCN(OC(=O)OC(C)(C)C)C3)c(NC(N)=O)s2)cc1. The van der Waals surface area contributed by atoms with Crippen molar-refractivity contribution in [3.05, 3.63) is 35.9 Å². The molecule has 0 unspecified atom stereocenters. The number of urea groups is 1. The first kappa shape index (κ1) is 31.2. The lowest BCUT2D eigenvalue weighted by Crippen LogP contribution is -2.48. The molecular weight excluding hydrogens is 534 g/mol. The highest BCUT2D eigenvalue weighted by atomic mass is 32.1. The van der Waals surface area contributed by atoms with E-state index in [1.807, 2.05) is 24.3 Å². The van der Waals surface area contributed by atoms with E-state index < -0.39 is 17.8 Å². The van der Waals surface area contributed by atoms with Crippen molar-refractivity contribution in [1.29, 1.82) is 0 Å². The quantitative estimate of drug-likeness (QED) is 0.329. The van der Waals surface area contributed by atoms with E-state index >= 15 is 0 Å². The highest BCUT2D eigenvalue weighted by Crippen LogP contribution is 2.36. The number of piperidine rings is 1. The Balaban J connectivity index is 1.65. The van der Waals surface area contributed by atoms with Gasteiger partial charge in [0.05, 0.1) is 12.1 Å². The molecule has 2 heterocycles. The minimum absolute atomic E-state index is 0.263. The van der Waals surface area contributed by atoms with E-state index in [1.165, 1.54) is 16.4 Å². The van der Waals surface area contributed by atoms with Crippen molar-refractivity contribution in [2.24, 2.45) is 5.73 Å². The fourth-order valence-electron chi connectivity index (χ4n) is 4.23. The van der Waals surface area contributed by atoms with E-state index in [1.54, 1.807) is 26.8 Å². The summed E-state index contributed by atoms with van der Waals surface area (Å²) in [6.07, 6.45) is 0.652. The summed E-state index contributed by atoms with van der Waals surface area (Å²) in [7, 11) is 0. The molecule has 0 aliphatic carbocycles. The van der Waals surface area contributed by atoms with Crippen molar-refractivity contribution >= 4 is 34.4 Å². The molecule has 1 atom stereocenters. The van der Waals surface area contributed by atoms with Gasteiger partial charge in [-0.15, -0.1) is 16.4 Å². The maximum Gasteiger partial charge on any atom is 0.528 e. The molecule has 0 bridgehead atoms. The molecular formula is C28H41N5O6S. The molecule has 0 spiro atoms. The van der Waals surface area contributed by atoms with Crippen molar-refractivity contribution in [2.75, 3.05) is 44.6 Å². The Morgan fingerprint density at radius 2 is 1.85 bits per heavy atom. The number of primary amides is 1. The molecule has 3 amide bonds. The molecule has 12 heteroatoms.